The van der Waals surface area contributed by atoms with Gasteiger partial charge in [-0.05, 0) is 83.3 Å². The molecule has 0 bridgehead atoms. The van der Waals surface area contributed by atoms with E-state index in [2.05, 4.69) is 136 Å². The molecule has 2 atom stereocenters. The molecule has 0 aliphatic rings. The van der Waals surface area contributed by atoms with Gasteiger partial charge in [0, 0.05) is 32.5 Å². The van der Waals surface area contributed by atoms with Crippen molar-refractivity contribution in [2.24, 2.45) is 5.92 Å². The summed E-state index contributed by atoms with van der Waals surface area (Å²) in [7, 11) is 0. The van der Waals surface area contributed by atoms with Crippen LogP contribution in [0.5, 0.6) is 0 Å². The van der Waals surface area contributed by atoms with Gasteiger partial charge in [-0.3, -0.25) is 0 Å². The predicted octanol–water partition coefficient (Wildman–Crippen LogP) is 13.0. The predicted molar refractivity (Wildman–Crippen MR) is 204 cm³/mol. The fraction of sp³-hybridized carbons (Fsp3) is 0.152. The molecule has 49 heavy (non-hydrogen) atoms. The Balaban J connectivity index is 1.04. The standard InChI is InChI=1S/C46H37NO2/c1-4-30(29(3)35-12-9-13-38-36-10-5-8-15-43(36)49-46(35)38)26-39-28(2)16-17-33-22-24-41(47-45(33)39)32-20-18-31(19-21-32)34-23-25-44-40(27-34)37-11-6-7-14-42(37)48-44/h5-25,27,29-30H,4,26H2,1-3H3. The minimum atomic E-state index is 0.318. The fourth-order valence-corrected chi connectivity index (χ4v) is 7.82. The van der Waals surface area contributed by atoms with Crippen molar-refractivity contribution in [2.75, 3.05) is 0 Å². The summed E-state index contributed by atoms with van der Waals surface area (Å²) in [6, 6.07) is 47.3. The number of pyridine rings is 1. The maximum Gasteiger partial charge on any atom is 0.138 e. The second-order valence-electron chi connectivity index (χ2n) is 13.5. The first-order chi connectivity index (χ1) is 24.1. The average Bonchev–Trinajstić information content (AvgIpc) is 3.72. The van der Waals surface area contributed by atoms with Crippen LogP contribution in [0.25, 0.3) is 77.2 Å². The molecule has 0 aliphatic heterocycles. The third kappa shape index (κ3) is 5.00. The van der Waals surface area contributed by atoms with E-state index in [-0.39, 0.29) is 0 Å². The van der Waals surface area contributed by atoms with E-state index in [1.807, 2.05) is 18.2 Å². The van der Waals surface area contributed by atoms with E-state index >= 15 is 0 Å². The molecule has 0 radical (unpaired) electrons. The summed E-state index contributed by atoms with van der Waals surface area (Å²) in [5, 5.41) is 5.85. The number of rotatable bonds is 7. The lowest BCUT2D eigenvalue weighted by molar-refractivity contribution is 0.428. The van der Waals surface area contributed by atoms with E-state index in [1.54, 1.807) is 0 Å². The van der Waals surface area contributed by atoms with E-state index in [0.717, 1.165) is 62.7 Å². The Morgan fingerprint density at radius 3 is 2.04 bits per heavy atom. The summed E-state index contributed by atoms with van der Waals surface area (Å²) in [6.45, 7) is 6.91. The molecule has 0 saturated heterocycles. The molecule has 238 valence electrons. The van der Waals surface area contributed by atoms with Crippen LogP contribution in [-0.4, -0.2) is 4.98 Å². The van der Waals surface area contributed by atoms with Crippen molar-refractivity contribution in [3.8, 4) is 22.4 Å². The highest BCUT2D eigenvalue weighted by atomic mass is 16.3. The molecule has 3 heteroatoms. The lowest BCUT2D eigenvalue weighted by Gasteiger charge is -2.25. The number of hydrogen-bond acceptors (Lipinski definition) is 3. The molecule has 0 spiro atoms. The molecule has 9 rings (SSSR count). The maximum absolute atomic E-state index is 6.46. The molecule has 0 amide bonds. The summed E-state index contributed by atoms with van der Waals surface area (Å²) in [4.78, 5) is 5.34. The van der Waals surface area contributed by atoms with Gasteiger partial charge in [-0.25, -0.2) is 4.98 Å². The topological polar surface area (TPSA) is 39.2 Å². The van der Waals surface area contributed by atoms with E-state index in [9.17, 15) is 0 Å². The molecule has 0 saturated carbocycles. The summed E-state index contributed by atoms with van der Waals surface area (Å²) in [5.41, 5.74) is 13.3. The zero-order valence-electron chi connectivity index (χ0n) is 28.0. The molecule has 0 aliphatic carbocycles. The highest BCUT2D eigenvalue weighted by Gasteiger charge is 2.24. The van der Waals surface area contributed by atoms with Gasteiger partial charge in [0.1, 0.15) is 22.3 Å². The number of furan rings is 2. The summed E-state index contributed by atoms with van der Waals surface area (Å²) < 4.78 is 12.5. The second-order valence-corrected chi connectivity index (χ2v) is 13.5. The zero-order valence-corrected chi connectivity index (χ0v) is 28.0. The average molecular weight is 636 g/mol. The van der Waals surface area contributed by atoms with Crippen molar-refractivity contribution in [3.63, 3.8) is 0 Å². The van der Waals surface area contributed by atoms with Crippen LogP contribution in [0.3, 0.4) is 0 Å². The van der Waals surface area contributed by atoms with Gasteiger partial charge < -0.3 is 8.83 Å². The monoisotopic (exact) mass is 635 g/mol. The molecule has 0 fully saturated rings. The molecule has 2 unspecified atom stereocenters. The largest absolute Gasteiger partial charge is 0.456 e. The Kier molecular flexibility index (Phi) is 7.09. The second kappa shape index (κ2) is 11.8. The van der Waals surface area contributed by atoms with E-state index in [0.29, 0.717) is 11.8 Å². The first-order valence-electron chi connectivity index (χ1n) is 17.4. The van der Waals surface area contributed by atoms with Crippen LogP contribution in [0.4, 0.5) is 0 Å². The van der Waals surface area contributed by atoms with Crippen molar-refractivity contribution in [1.29, 1.82) is 0 Å². The highest BCUT2D eigenvalue weighted by Crippen LogP contribution is 2.40. The highest BCUT2D eigenvalue weighted by molar-refractivity contribution is 6.07. The van der Waals surface area contributed by atoms with Gasteiger partial charge in [0.2, 0.25) is 0 Å². The first-order valence-corrected chi connectivity index (χ1v) is 17.4. The summed E-state index contributed by atoms with van der Waals surface area (Å²) in [5.74, 6) is 0.747. The van der Waals surface area contributed by atoms with Crippen molar-refractivity contribution < 1.29 is 8.83 Å². The molecule has 3 heterocycles. The minimum Gasteiger partial charge on any atom is -0.456 e. The van der Waals surface area contributed by atoms with Gasteiger partial charge in [0.05, 0.1) is 11.2 Å². The molecule has 9 aromatic rings. The van der Waals surface area contributed by atoms with Crippen LogP contribution in [0, 0.1) is 12.8 Å². The van der Waals surface area contributed by atoms with Crippen molar-refractivity contribution in [3.05, 3.63) is 150 Å². The van der Waals surface area contributed by atoms with Gasteiger partial charge in [-0.15, -0.1) is 0 Å². The molecule has 0 N–H and O–H groups in total. The Morgan fingerprint density at radius 2 is 1.24 bits per heavy atom. The van der Waals surface area contributed by atoms with Crippen LogP contribution in [0.15, 0.2) is 142 Å². The first kappa shape index (κ1) is 29.5. The fourth-order valence-electron chi connectivity index (χ4n) is 7.82. The zero-order chi connectivity index (χ0) is 33.1. The van der Waals surface area contributed by atoms with Crippen molar-refractivity contribution in [2.45, 2.75) is 39.5 Å². The third-order valence-corrected chi connectivity index (χ3v) is 10.7. The molecular weight excluding hydrogens is 599 g/mol. The lowest BCUT2D eigenvalue weighted by Crippen LogP contribution is -2.14. The summed E-state index contributed by atoms with van der Waals surface area (Å²) >= 11 is 0. The van der Waals surface area contributed by atoms with Gasteiger partial charge in [-0.1, -0.05) is 123 Å². The summed E-state index contributed by atoms with van der Waals surface area (Å²) in [6.07, 6.45) is 2.02. The van der Waals surface area contributed by atoms with Crippen molar-refractivity contribution >= 4 is 54.8 Å². The van der Waals surface area contributed by atoms with Gasteiger partial charge in [0.25, 0.3) is 0 Å². The molecule has 3 aromatic heterocycles. The number of aromatic nitrogens is 1. The number of nitrogens with zero attached hydrogens (tertiary/aromatic N) is 1. The number of aryl methyl sites for hydroxylation is 1. The normalized spacial score (nSPS) is 13.2. The number of para-hydroxylation sites is 3. The molecular formula is C46H37NO2. The Morgan fingerprint density at radius 1 is 0.592 bits per heavy atom. The Bertz CT molecular complexity index is 2660. The van der Waals surface area contributed by atoms with Gasteiger partial charge >= 0.3 is 0 Å². The Labute approximate surface area is 285 Å². The Hall–Kier alpha value is -5.67. The number of fused-ring (bicyclic) bond motifs is 7. The van der Waals surface area contributed by atoms with Crippen LogP contribution < -0.4 is 0 Å². The SMILES string of the molecule is CCC(Cc1c(C)ccc2ccc(-c3ccc(-c4ccc5oc6ccccc6c5c4)cc3)nc12)C(C)c1cccc2c1oc1ccccc12. The number of benzene rings is 6. The lowest BCUT2D eigenvalue weighted by atomic mass is 9.80. The molecule has 6 aromatic carbocycles. The van der Waals surface area contributed by atoms with E-state index in [4.69, 9.17) is 13.8 Å². The smallest absolute Gasteiger partial charge is 0.138 e. The maximum atomic E-state index is 6.46. The van der Waals surface area contributed by atoms with Crippen LogP contribution in [0.2, 0.25) is 0 Å². The third-order valence-electron chi connectivity index (χ3n) is 10.7. The molecule has 3 nitrogen and oxygen atoms in total. The van der Waals surface area contributed by atoms with E-state index in [1.165, 1.54) is 44.0 Å². The quantitative estimate of drug-likeness (QED) is 0.175. The van der Waals surface area contributed by atoms with Crippen LogP contribution in [0.1, 0.15) is 42.9 Å². The van der Waals surface area contributed by atoms with E-state index < -0.39 is 0 Å². The van der Waals surface area contributed by atoms with Crippen LogP contribution >= 0.6 is 0 Å². The minimum absolute atomic E-state index is 0.318. The van der Waals surface area contributed by atoms with Gasteiger partial charge in [-0.2, -0.15) is 0 Å². The number of hydrogen-bond donors (Lipinski definition) is 0. The van der Waals surface area contributed by atoms with Gasteiger partial charge in [0.15, 0.2) is 0 Å². The van der Waals surface area contributed by atoms with Crippen LogP contribution in [-0.2, 0) is 6.42 Å². The van der Waals surface area contributed by atoms with Crippen molar-refractivity contribution in [1.82, 2.24) is 4.98 Å².